The summed E-state index contributed by atoms with van der Waals surface area (Å²) in [5.74, 6) is -2.20. The molecule has 0 unspecified atom stereocenters. The van der Waals surface area contributed by atoms with Crippen molar-refractivity contribution >= 4 is 12.7 Å². The van der Waals surface area contributed by atoms with Gasteiger partial charge in [-0.2, -0.15) is 10.5 Å². The van der Waals surface area contributed by atoms with Gasteiger partial charge in [0.15, 0.2) is 0 Å². The van der Waals surface area contributed by atoms with E-state index in [0.29, 0.717) is 11.1 Å². The zero-order valence-corrected chi connectivity index (χ0v) is 12.0. The number of nitrogens with zero attached hydrogens (tertiary/aromatic N) is 4. The van der Waals surface area contributed by atoms with Gasteiger partial charge in [-0.25, -0.2) is 14.4 Å². The van der Waals surface area contributed by atoms with Crippen molar-refractivity contribution in [2.45, 2.75) is 5.79 Å². The first-order valence-electron chi connectivity index (χ1n) is 6.61. The molecule has 0 amide bonds. The minimum atomic E-state index is -2.20. The average molecular weight is 305 g/mol. The highest BCUT2D eigenvalue weighted by atomic mass is 19.1. The van der Waals surface area contributed by atoms with Crippen LogP contribution in [-0.2, 0) is 5.79 Å². The van der Waals surface area contributed by atoms with Crippen molar-refractivity contribution in [1.82, 2.24) is 0 Å². The Hall–Kier alpha value is -3.51. The Morgan fingerprint density at radius 1 is 0.913 bits per heavy atom. The van der Waals surface area contributed by atoms with E-state index in [0.717, 1.165) is 12.7 Å². The summed E-state index contributed by atoms with van der Waals surface area (Å²) in [7, 11) is 0. The number of aliphatic imine (C=N–C) groups is 2. The third-order valence-corrected chi connectivity index (χ3v) is 3.18. The van der Waals surface area contributed by atoms with Gasteiger partial charge in [0.05, 0.1) is 29.6 Å². The van der Waals surface area contributed by atoms with Crippen LogP contribution < -0.4 is 5.73 Å². The van der Waals surface area contributed by atoms with E-state index in [1.807, 2.05) is 12.1 Å². The number of benzene rings is 2. The molecule has 0 saturated heterocycles. The van der Waals surface area contributed by atoms with E-state index in [4.69, 9.17) is 16.3 Å². The van der Waals surface area contributed by atoms with Gasteiger partial charge in [-0.3, -0.25) is 0 Å². The fourth-order valence-electron chi connectivity index (χ4n) is 2.00. The van der Waals surface area contributed by atoms with Gasteiger partial charge in [0.2, 0.25) is 0 Å². The summed E-state index contributed by atoms with van der Waals surface area (Å²) < 4.78 is 15.6. The van der Waals surface area contributed by atoms with Gasteiger partial charge in [0.25, 0.3) is 5.79 Å². The molecule has 0 saturated carbocycles. The quantitative estimate of drug-likeness (QED) is 0.534. The predicted molar refractivity (Wildman–Crippen MR) is 85.4 cm³/mol. The number of hydrogen-bond donors (Lipinski definition) is 1. The van der Waals surface area contributed by atoms with Crippen molar-refractivity contribution < 1.29 is 4.39 Å². The van der Waals surface area contributed by atoms with Crippen LogP contribution in [-0.4, -0.2) is 12.7 Å². The maximum Gasteiger partial charge on any atom is 0.252 e. The molecule has 0 spiro atoms. The molecule has 2 rings (SSSR count). The van der Waals surface area contributed by atoms with E-state index < -0.39 is 5.79 Å². The van der Waals surface area contributed by atoms with Gasteiger partial charge in [-0.1, -0.05) is 24.3 Å². The van der Waals surface area contributed by atoms with Crippen LogP contribution >= 0.6 is 0 Å². The van der Waals surface area contributed by atoms with Crippen LogP contribution in [0.3, 0.4) is 0 Å². The molecule has 2 aromatic carbocycles. The molecule has 0 aliphatic heterocycles. The molecule has 0 bridgehead atoms. The van der Waals surface area contributed by atoms with Crippen LogP contribution in [0.15, 0.2) is 58.5 Å². The Morgan fingerprint density at radius 2 is 1.35 bits per heavy atom. The largest absolute Gasteiger partial charge is 0.390 e. The van der Waals surface area contributed by atoms with Crippen molar-refractivity contribution in [3.8, 4) is 12.1 Å². The van der Waals surface area contributed by atoms with Gasteiger partial charge in [0.1, 0.15) is 6.34 Å². The van der Waals surface area contributed by atoms with Gasteiger partial charge < -0.3 is 5.73 Å². The maximum absolute atomic E-state index is 15.6. The Bertz CT molecular complexity index is 751. The Morgan fingerprint density at radius 3 is 1.70 bits per heavy atom. The standard InChI is InChI=1S/C17H12FN5/c18-17(23-12-22-11-21,15-5-1-13(9-19)2-6-15)16-7-3-14(10-20)4-8-16/h1-8,11-12H,(H2,21,22,23). The third-order valence-electron chi connectivity index (χ3n) is 3.18. The SMILES string of the molecule is N#Cc1ccc(C(F)(/N=C/N=CN)c2ccc(C#N)cc2)cc1. The first-order valence-corrected chi connectivity index (χ1v) is 6.61. The molecule has 2 aromatic rings. The minimum Gasteiger partial charge on any atom is -0.390 e. The second kappa shape index (κ2) is 6.97. The summed E-state index contributed by atoms with van der Waals surface area (Å²) in [4.78, 5) is 7.45. The fraction of sp³-hybridized carbons (Fsp3) is 0.0588. The molecule has 0 fully saturated rings. The number of halogens is 1. The van der Waals surface area contributed by atoms with Crippen molar-refractivity contribution in [3.63, 3.8) is 0 Å². The normalized spacial score (nSPS) is 11.4. The lowest BCUT2D eigenvalue weighted by molar-refractivity contribution is 0.237. The number of alkyl halides is 1. The highest BCUT2D eigenvalue weighted by Gasteiger charge is 2.33. The first-order chi connectivity index (χ1) is 11.1. The van der Waals surface area contributed by atoms with Crippen LogP contribution in [0.2, 0.25) is 0 Å². The molecule has 23 heavy (non-hydrogen) atoms. The summed E-state index contributed by atoms with van der Waals surface area (Å²) in [5.41, 5.74) is 6.45. The fourth-order valence-corrected chi connectivity index (χ4v) is 2.00. The molecule has 0 atom stereocenters. The van der Waals surface area contributed by atoms with Crippen LogP contribution in [0.4, 0.5) is 4.39 Å². The monoisotopic (exact) mass is 305 g/mol. The van der Waals surface area contributed by atoms with Crippen molar-refractivity contribution in [3.05, 3.63) is 70.8 Å². The number of rotatable bonds is 4. The number of nitrogens with two attached hydrogens (primary N) is 1. The maximum atomic E-state index is 15.6. The van der Waals surface area contributed by atoms with E-state index in [1.165, 1.54) is 48.5 Å². The van der Waals surface area contributed by atoms with Crippen LogP contribution in [0.1, 0.15) is 22.3 Å². The first kappa shape index (κ1) is 15.9. The minimum absolute atomic E-state index is 0.240. The highest BCUT2D eigenvalue weighted by Crippen LogP contribution is 2.35. The molecule has 5 nitrogen and oxygen atoms in total. The topological polar surface area (TPSA) is 98.3 Å². The summed E-state index contributed by atoms with van der Waals surface area (Å²) in [6, 6.07) is 15.9. The smallest absolute Gasteiger partial charge is 0.252 e. The lowest BCUT2D eigenvalue weighted by atomic mass is 9.95. The molecule has 0 aromatic heterocycles. The molecule has 0 radical (unpaired) electrons. The van der Waals surface area contributed by atoms with E-state index in [1.54, 1.807) is 0 Å². The summed E-state index contributed by atoms with van der Waals surface area (Å²) >= 11 is 0. The van der Waals surface area contributed by atoms with Gasteiger partial charge in [-0.15, -0.1) is 0 Å². The molecular weight excluding hydrogens is 293 g/mol. The summed E-state index contributed by atoms with van der Waals surface area (Å²) in [6.07, 6.45) is 2.03. The zero-order valence-electron chi connectivity index (χ0n) is 12.0. The molecule has 6 heteroatoms. The summed E-state index contributed by atoms with van der Waals surface area (Å²) in [6.45, 7) is 0. The van der Waals surface area contributed by atoms with Crippen LogP contribution in [0, 0.1) is 22.7 Å². The van der Waals surface area contributed by atoms with Crippen LogP contribution in [0.5, 0.6) is 0 Å². The van der Waals surface area contributed by atoms with Crippen molar-refractivity contribution in [1.29, 1.82) is 10.5 Å². The van der Waals surface area contributed by atoms with Crippen molar-refractivity contribution in [2.24, 2.45) is 15.7 Å². The van der Waals surface area contributed by atoms with Gasteiger partial charge in [-0.05, 0) is 24.3 Å². The molecule has 2 N–H and O–H groups in total. The highest BCUT2D eigenvalue weighted by molar-refractivity contribution is 5.70. The molecule has 0 aliphatic rings. The third kappa shape index (κ3) is 3.39. The average Bonchev–Trinajstić information content (AvgIpc) is 2.62. The van der Waals surface area contributed by atoms with Crippen molar-refractivity contribution in [2.75, 3.05) is 0 Å². The Labute approximate surface area is 132 Å². The molecule has 112 valence electrons. The molecule has 0 heterocycles. The number of nitriles is 2. The van der Waals surface area contributed by atoms with Crippen LogP contribution in [0.25, 0.3) is 0 Å². The van der Waals surface area contributed by atoms with E-state index in [2.05, 4.69) is 9.98 Å². The second-order valence-electron chi connectivity index (χ2n) is 4.54. The second-order valence-corrected chi connectivity index (χ2v) is 4.54. The Kier molecular flexibility index (Phi) is 4.81. The lowest BCUT2D eigenvalue weighted by Crippen LogP contribution is -2.19. The van der Waals surface area contributed by atoms with Gasteiger partial charge in [0, 0.05) is 11.1 Å². The molecular formula is C17H12FN5. The van der Waals surface area contributed by atoms with E-state index >= 15 is 4.39 Å². The zero-order chi connectivity index (χ0) is 16.7. The lowest BCUT2D eigenvalue weighted by Gasteiger charge is -2.21. The Balaban J connectivity index is 2.54. The number of hydrogen-bond acceptors (Lipinski definition) is 3. The van der Waals surface area contributed by atoms with Gasteiger partial charge >= 0.3 is 0 Å². The predicted octanol–water partition coefficient (Wildman–Crippen LogP) is 2.62. The van der Waals surface area contributed by atoms with E-state index in [9.17, 15) is 0 Å². The molecule has 0 aliphatic carbocycles. The summed E-state index contributed by atoms with van der Waals surface area (Å²) in [5, 5.41) is 17.7. The van der Waals surface area contributed by atoms with E-state index in [-0.39, 0.29) is 11.1 Å².